The van der Waals surface area contributed by atoms with Crippen molar-refractivity contribution in [3.8, 4) is 5.75 Å². The highest BCUT2D eigenvalue weighted by Crippen LogP contribution is 2.26. The van der Waals surface area contributed by atoms with Crippen LogP contribution in [0, 0.1) is 0 Å². The summed E-state index contributed by atoms with van der Waals surface area (Å²) in [5.74, 6) is 0.711. The second kappa shape index (κ2) is 11.3. The lowest BCUT2D eigenvalue weighted by Crippen LogP contribution is -2.39. The van der Waals surface area contributed by atoms with Crippen LogP contribution in [0.25, 0.3) is 0 Å². The van der Waals surface area contributed by atoms with Gasteiger partial charge in [0.15, 0.2) is 5.69 Å². The molecule has 3 aromatic rings. The van der Waals surface area contributed by atoms with Crippen LogP contribution in [0.5, 0.6) is 5.75 Å². The summed E-state index contributed by atoms with van der Waals surface area (Å²) in [4.78, 5) is 15.5. The van der Waals surface area contributed by atoms with Crippen LogP contribution in [-0.4, -0.2) is 52.0 Å². The minimum Gasteiger partial charge on any atom is -0.497 e. The Kier molecular flexibility index (Phi) is 7.98. The van der Waals surface area contributed by atoms with Gasteiger partial charge in [-0.25, -0.2) is 0 Å². The summed E-state index contributed by atoms with van der Waals surface area (Å²) in [5, 5.41) is 17.1. The van der Waals surface area contributed by atoms with Crippen molar-refractivity contribution in [2.45, 2.75) is 51.9 Å². The number of aliphatic hydroxyl groups is 1. The average molecular weight is 463 g/mol. The lowest BCUT2D eigenvalue weighted by molar-refractivity contribution is 0.0941. The highest BCUT2D eigenvalue weighted by Gasteiger charge is 2.29. The number of benzene rings is 2. The number of carbonyl (C=O) groups excluding carboxylic acids is 1. The number of hydrogen-bond acceptors (Lipinski definition) is 5. The number of amides is 1. The smallest absolute Gasteiger partial charge is 0.272 e. The molecule has 4 rings (SSSR count). The predicted molar refractivity (Wildman–Crippen MR) is 132 cm³/mol. The normalized spacial score (nSPS) is 14.4. The summed E-state index contributed by atoms with van der Waals surface area (Å²) in [7, 11) is 1.68. The van der Waals surface area contributed by atoms with Crippen molar-refractivity contribution in [1.29, 1.82) is 0 Å². The molecule has 0 spiro atoms. The molecule has 1 atom stereocenters. The fourth-order valence-electron chi connectivity index (χ4n) is 4.56. The zero-order valence-electron chi connectivity index (χ0n) is 20.0. The Morgan fingerprint density at radius 2 is 1.91 bits per heavy atom. The maximum Gasteiger partial charge on any atom is 0.272 e. The molecule has 1 aliphatic rings. The molecule has 1 aliphatic heterocycles. The first-order valence-electron chi connectivity index (χ1n) is 12.0. The molecule has 2 heterocycles. The van der Waals surface area contributed by atoms with Crippen LogP contribution in [0.15, 0.2) is 54.6 Å². The van der Waals surface area contributed by atoms with E-state index in [0.29, 0.717) is 31.4 Å². The van der Waals surface area contributed by atoms with Crippen molar-refractivity contribution in [3.05, 3.63) is 82.7 Å². The largest absolute Gasteiger partial charge is 0.497 e. The van der Waals surface area contributed by atoms with Gasteiger partial charge in [-0.1, -0.05) is 42.5 Å². The van der Waals surface area contributed by atoms with Crippen LogP contribution in [0.4, 0.5) is 0 Å². The Morgan fingerprint density at radius 1 is 1.15 bits per heavy atom. The minimum atomic E-state index is -0.162. The Morgan fingerprint density at radius 3 is 2.62 bits per heavy atom. The summed E-state index contributed by atoms with van der Waals surface area (Å²) in [6.07, 6.45) is 2.84. The van der Waals surface area contributed by atoms with Crippen LogP contribution in [0.3, 0.4) is 0 Å². The summed E-state index contributed by atoms with van der Waals surface area (Å²) in [6, 6.07) is 18.5. The number of fused-ring (bicyclic) bond motifs is 1. The molecule has 7 nitrogen and oxygen atoms in total. The van der Waals surface area contributed by atoms with E-state index in [2.05, 4.69) is 34.4 Å². The average Bonchev–Trinajstić information content (AvgIpc) is 3.24. The highest BCUT2D eigenvalue weighted by atomic mass is 16.5. The van der Waals surface area contributed by atoms with E-state index in [1.54, 1.807) is 7.11 Å². The molecule has 1 aromatic heterocycles. The second-order valence-corrected chi connectivity index (χ2v) is 8.85. The third-order valence-corrected chi connectivity index (χ3v) is 6.62. The molecule has 180 valence electrons. The van der Waals surface area contributed by atoms with E-state index in [9.17, 15) is 9.90 Å². The first-order valence-corrected chi connectivity index (χ1v) is 12.0. The highest BCUT2D eigenvalue weighted by molar-refractivity contribution is 5.94. The van der Waals surface area contributed by atoms with Gasteiger partial charge < -0.3 is 15.2 Å². The summed E-state index contributed by atoms with van der Waals surface area (Å²) in [5.41, 5.74) is 4.88. The van der Waals surface area contributed by atoms with Gasteiger partial charge in [-0.3, -0.25) is 14.4 Å². The van der Waals surface area contributed by atoms with Gasteiger partial charge in [0, 0.05) is 43.4 Å². The first-order chi connectivity index (χ1) is 16.6. The van der Waals surface area contributed by atoms with E-state index in [4.69, 9.17) is 4.74 Å². The van der Waals surface area contributed by atoms with Crippen molar-refractivity contribution in [3.63, 3.8) is 0 Å². The van der Waals surface area contributed by atoms with Crippen molar-refractivity contribution in [2.75, 3.05) is 20.3 Å². The molecule has 2 aromatic carbocycles. The number of nitrogens with zero attached hydrogens (tertiary/aromatic N) is 3. The van der Waals surface area contributed by atoms with E-state index >= 15 is 0 Å². The van der Waals surface area contributed by atoms with Crippen LogP contribution in [-0.2, 0) is 32.5 Å². The topological polar surface area (TPSA) is 79.6 Å². The fraction of sp³-hybridized carbons (Fsp3) is 0.407. The van der Waals surface area contributed by atoms with Crippen molar-refractivity contribution >= 4 is 5.91 Å². The standard InChI is InChI=1S/C27H34N4O3/c1-20(8-9-21-10-12-23(34-2)13-11-21)30-15-14-25-24(19-30)26(29-31(25)16-17-32)27(33)28-18-22-6-4-3-5-7-22/h3-7,10-13,20,32H,8-9,14-19H2,1-2H3,(H,28,33). The van der Waals surface area contributed by atoms with E-state index < -0.39 is 0 Å². The monoisotopic (exact) mass is 462 g/mol. The molecule has 0 bridgehead atoms. The van der Waals surface area contributed by atoms with Gasteiger partial charge in [0.1, 0.15) is 5.75 Å². The molecule has 0 radical (unpaired) electrons. The molecule has 1 unspecified atom stereocenters. The molecule has 2 N–H and O–H groups in total. The van der Waals surface area contributed by atoms with E-state index in [1.165, 1.54) is 5.56 Å². The first kappa shape index (κ1) is 24.0. The van der Waals surface area contributed by atoms with Gasteiger partial charge in [-0.2, -0.15) is 5.10 Å². The maximum absolute atomic E-state index is 13.1. The molecule has 7 heteroatoms. The number of carbonyl (C=O) groups is 1. The summed E-state index contributed by atoms with van der Waals surface area (Å²) in [6.45, 7) is 4.73. The lowest BCUT2D eigenvalue weighted by atomic mass is 10.00. The minimum absolute atomic E-state index is 0.00116. The third kappa shape index (κ3) is 5.66. The van der Waals surface area contributed by atoms with Crippen LogP contribution < -0.4 is 10.1 Å². The van der Waals surface area contributed by atoms with Crippen molar-refractivity contribution < 1.29 is 14.6 Å². The molecular weight excluding hydrogens is 428 g/mol. The fourth-order valence-corrected chi connectivity index (χ4v) is 4.56. The molecule has 1 amide bonds. The van der Waals surface area contributed by atoms with Gasteiger partial charge in [0.2, 0.25) is 0 Å². The Bertz CT molecular complexity index is 1080. The summed E-state index contributed by atoms with van der Waals surface area (Å²) >= 11 is 0. The third-order valence-electron chi connectivity index (χ3n) is 6.62. The van der Waals surface area contributed by atoms with E-state index in [-0.39, 0.29) is 12.5 Å². The van der Waals surface area contributed by atoms with Gasteiger partial charge >= 0.3 is 0 Å². The van der Waals surface area contributed by atoms with Gasteiger partial charge in [0.05, 0.1) is 20.3 Å². The molecule has 0 saturated heterocycles. The molecular formula is C27H34N4O3. The van der Waals surface area contributed by atoms with Crippen LogP contribution >= 0.6 is 0 Å². The molecule has 0 fully saturated rings. The Balaban J connectivity index is 1.43. The van der Waals surface area contributed by atoms with Crippen LogP contribution in [0.2, 0.25) is 0 Å². The van der Waals surface area contributed by atoms with Gasteiger partial charge in [-0.05, 0) is 43.0 Å². The quantitative estimate of drug-likeness (QED) is 0.484. The molecule has 0 aliphatic carbocycles. The Labute approximate surface area is 201 Å². The van der Waals surface area contributed by atoms with E-state index in [1.807, 2.05) is 47.1 Å². The molecule has 34 heavy (non-hydrogen) atoms. The number of aromatic nitrogens is 2. The number of hydrogen-bond donors (Lipinski definition) is 2. The number of nitrogens with one attached hydrogen (secondary N) is 1. The number of methoxy groups -OCH3 is 1. The van der Waals surface area contributed by atoms with Gasteiger partial charge in [-0.15, -0.1) is 0 Å². The zero-order valence-corrected chi connectivity index (χ0v) is 20.0. The zero-order chi connectivity index (χ0) is 23.9. The van der Waals surface area contributed by atoms with Crippen molar-refractivity contribution in [1.82, 2.24) is 20.0 Å². The number of ether oxygens (including phenoxy) is 1. The summed E-state index contributed by atoms with van der Waals surface area (Å²) < 4.78 is 7.06. The predicted octanol–water partition coefficient (Wildman–Crippen LogP) is 3.19. The number of rotatable bonds is 10. The van der Waals surface area contributed by atoms with Crippen LogP contribution in [0.1, 0.15) is 46.2 Å². The van der Waals surface area contributed by atoms with Crippen molar-refractivity contribution in [2.24, 2.45) is 0 Å². The number of aryl methyl sites for hydroxylation is 1. The van der Waals surface area contributed by atoms with E-state index in [0.717, 1.165) is 48.4 Å². The Hall–Kier alpha value is -3.16. The molecule has 0 saturated carbocycles. The second-order valence-electron chi connectivity index (χ2n) is 8.85. The lowest BCUT2D eigenvalue weighted by Gasteiger charge is -2.33. The SMILES string of the molecule is COc1ccc(CCC(C)N2CCc3c(c(C(=O)NCc4ccccc4)nn3CCO)C2)cc1. The van der Waals surface area contributed by atoms with Gasteiger partial charge in [0.25, 0.3) is 5.91 Å². The maximum atomic E-state index is 13.1. The number of aliphatic hydroxyl groups excluding tert-OH is 1.